The first-order valence-corrected chi connectivity index (χ1v) is 6.31. The molecule has 0 aromatic carbocycles. The van der Waals surface area contributed by atoms with Gasteiger partial charge in [0.25, 0.3) is 0 Å². The summed E-state index contributed by atoms with van der Waals surface area (Å²) in [6.07, 6.45) is 1.68. The monoisotopic (exact) mass is 244 g/mol. The zero-order valence-corrected chi connectivity index (χ0v) is 11.1. The van der Waals surface area contributed by atoms with Crippen molar-refractivity contribution in [2.75, 3.05) is 12.4 Å². The number of aliphatic hydroxyl groups excluding tert-OH is 1. The molecular weight excluding hydrogens is 224 g/mol. The highest BCUT2D eigenvalue weighted by atomic mass is 32.2. The topological polar surface area (TPSA) is 63.0 Å². The molecule has 0 bridgehead atoms. The van der Waals surface area contributed by atoms with E-state index in [2.05, 4.69) is 29.4 Å². The van der Waals surface area contributed by atoms with Gasteiger partial charge in [-0.2, -0.15) is 0 Å². The number of nitrogens with zero attached hydrogens (tertiary/aromatic N) is 3. The van der Waals surface area contributed by atoms with Crippen LogP contribution in [0.15, 0.2) is 11.5 Å². The standard InChI is InChI=1S/C10H20N4OS/c1-8(2)12-10(3,5-15)6-16-9-13-11-7-14(9)4/h7-8,12,15H,5-6H2,1-4H3. The minimum absolute atomic E-state index is 0.107. The van der Waals surface area contributed by atoms with Crippen LogP contribution in [0.4, 0.5) is 0 Å². The fraction of sp³-hybridized carbons (Fsp3) is 0.800. The summed E-state index contributed by atoms with van der Waals surface area (Å²) in [5.74, 6) is 0.758. The van der Waals surface area contributed by atoms with Crippen molar-refractivity contribution in [1.82, 2.24) is 20.1 Å². The predicted molar refractivity (Wildman–Crippen MR) is 65.5 cm³/mol. The molecule has 0 fully saturated rings. The van der Waals surface area contributed by atoms with Crippen LogP contribution in [0, 0.1) is 0 Å². The lowest BCUT2D eigenvalue weighted by molar-refractivity contribution is 0.183. The van der Waals surface area contributed by atoms with E-state index in [1.165, 1.54) is 0 Å². The number of aryl methyl sites for hydroxylation is 1. The number of aliphatic hydroxyl groups is 1. The highest BCUT2D eigenvalue weighted by Crippen LogP contribution is 2.20. The third-order valence-corrected chi connectivity index (χ3v) is 3.59. The quantitative estimate of drug-likeness (QED) is 0.720. The largest absolute Gasteiger partial charge is 0.394 e. The van der Waals surface area contributed by atoms with Crippen LogP contribution in [0.1, 0.15) is 20.8 Å². The Hall–Kier alpha value is -0.590. The van der Waals surface area contributed by atoms with E-state index < -0.39 is 0 Å². The molecule has 1 heterocycles. The molecule has 0 aliphatic carbocycles. The van der Waals surface area contributed by atoms with Crippen molar-refractivity contribution < 1.29 is 5.11 Å². The van der Waals surface area contributed by atoms with Gasteiger partial charge in [-0.05, 0) is 6.92 Å². The number of hydrogen-bond donors (Lipinski definition) is 2. The maximum Gasteiger partial charge on any atom is 0.190 e. The van der Waals surface area contributed by atoms with Gasteiger partial charge in [-0.3, -0.25) is 0 Å². The van der Waals surface area contributed by atoms with Crippen LogP contribution in [0.2, 0.25) is 0 Å². The Bertz CT molecular complexity index is 328. The summed E-state index contributed by atoms with van der Waals surface area (Å²) < 4.78 is 1.87. The van der Waals surface area contributed by atoms with Crippen LogP contribution < -0.4 is 5.32 Å². The van der Waals surface area contributed by atoms with E-state index in [-0.39, 0.29) is 12.1 Å². The molecule has 1 aromatic heterocycles. The van der Waals surface area contributed by atoms with Crippen molar-refractivity contribution in [1.29, 1.82) is 0 Å². The third-order valence-electron chi connectivity index (χ3n) is 2.18. The van der Waals surface area contributed by atoms with Crippen molar-refractivity contribution >= 4 is 11.8 Å². The number of rotatable bonds is 6. The van der Waals surface area contributed by atoms with Crippen LogP contribution in [0.3, 0.4) is 0 Å². The molecule has 0 saturated carbocycles. The molecule has 0 aliphatic heterocycles. The molecule has 16 heavy (non-hydrogen) atoms. The van der Waals surface area contributed by atoms with Crippen molar-refractivity contribution in [3.05, 3.63) is 6.33 Å². The lowest BCUT2D eigenvalue weighted by Crippen LogP contribution is -2.51. The fourth-order valence-electron chi connectivity index (χ4n) is 1.46. The summed E-state index contributed by atoms with van der Waals surface area (Å²) >= 11 is 1.59. The molecule has 2 N–H and O–H groups in total. The minimum atomic E-state index is -0.287. The van der Waals surface area contributed by atoms with Gasteiger partial charge in [0.05, 0.1) is 6.61 Å². The van der Waals surface area contributed by atoms with E-state index in [1.54, 1.807) is 18.1 Å². The highest BCUT2D eigenvalue weighted by Gasteiger charge is 2.24. The molecule has 0 saturated heterocycles. The van der Waals surface area contributed by atoms with Crippen LogP contribution in [-0.2, 0) is 7.05 Å². The second-order valence-corrected chi connectivity index (χ2v) is 5.47. The Kier molecular flexibility index (Phi) is 4.76. The maximum absolute atomic E-state index is 9.41. The zero-order valence-electron chi connectivity index (χ0n) is 10.3. The van der Waals surface area contributed by atoms with Gasteiger partial charge in [0.2, 0.25) is 0 Å². The summed E-state index contributed by atoms with van der Waals surface area (Å²) in [5, 5.41) is 21.5. The van der Waals surface area contributed by atoms with E-state index in [0.717, 1.165) is 10.9 Å². The maximum atomic E-state index is 9.41. The van der Waals surface area contributed by atoms with Crippen LogP contribution in [0.25, 0.3) is 0 Å². The molecular formula is C10H20N4OS. The van der Waals surface area contributed by atoms with E-state index in [1.807, 2.05) is 18.5 Å². The molecule has 1 rings (SSSR count). The Labute approximate surface area is 101 Å². The molecule has 1 aromatic rings. The van der Waals surface area contributed by atoms with Crippen LogP contribution >= 0.6 is 11.8 Å². The van der Waals surface area contributed by atoms with Gasteiger partial charge in [-0.15, -0.1) is 10.2 Å². The molecule has 0 amide bonds. The molecule has 5 nitrogen and oxygen atoms in total. The summed E-state index contributed by atoms with van der Waals surface area (Å²) in [5.41, 5.74) is -0.287. The third kappa shape index (κ3) is 3.77. The van der Waals surface area contributed by atoms with Crippen molar-refractivity contribution in [3.63, 3.8) is 0 Å². The summed E-state index contributed by atoms with van der Waals surface area (Å²) in [7, 11) is 1.91. The Morgan fingerprint density at radius 3 is 2.75 bits per heavy atom. The van der Waals surface area contributed by atoms with E-state index in [0.29, 0.717) is 6.04 Å². The molecule has 0 radical (unpaired) electrons. The summed E-state index contributed by atoms with van der Waals surface area (Å²) in [6.45, 7) is 6.26. The van der Waals surface area contributed by atoms with E-state index >= 15 is 0 Å². The van der Waals surface area contributed by atoms with Gasteiger partial charge in [0.1, 0.15) is 6.33 Å². The summed E-state index contributed by atoms with van der Waals surface area (Å²) in [6, 6.07) is 0.345. The molecule has 0 spiro atoms. The lowest BCUT2D eigenvalue weighted by Gasteiger charge is -2.30. The first kappa shape index (κ1) is 13.5. The molecule has 0 aliphatic rings. The van der Waals surface area contributed by atoms with Gasteiger partial charge in [-0.1, -0.05) is 25.6 Å². The first-order chi connectivity index (χ1) is 7.47. The molecule has 1 unspecified atom stereocenters. The lowest BCUT2D eigenvalue weighted by atomic mass is 10.1. The second kappa shape index (κ2) is 5.65. The molecule has 92 valence electrons. The first-order valence-electron chi connectivity index (χ1n) is 5.32. The Balaban J connectivity index is 2.54. The second-order valence-electron chi connectivity index (χ2n) is 4.53. The van der Waals surface area contributed by atoms with E-state index in [4.69, 9.17) is 0 Å². The number of hydrogen-bond acceptors (Lipinski definition) is 5. The van der Waals surface area contributed by atoms with E-state index in [9.17, 15) is 5.11 Å². The number of thioether (sulfide) groups is 1. The van der Waals surface area contributed by atoms with Crippen molar-refractivity contribution in [2.45, 2.75) is 37.5 Å². The van der Waals surface area contributed by atoms with Gasteiger partial charge in [0, 0.05) is 24.4 Å². The smallest absolute Gasteiger partial charge is 0.190 e. The summed E-state index contributed by atoms with van der Waals surface area (Å²) in [4.78, 5) is 0. The average Bonchev–Trinajstić information content (AvgIpc) is 2.60. The number of nitrogens with one attached hydrogen (secondary N) is 1. The predicted octanol–water partition coefficient (Wildman–Crippen LogP) is 0.656. The van der Waals surface area contributed by atoms with Crippen LogP contribution in [0.5, 0.6) is 0 Å². The normalized spacial score (nSPS) is 15.4. The Morgan fingerprint density at radius 1 is 1.62 bits per heavy atom. The van der Waals surface area contributed by atoms with Crippen LogP contribution in [-0.4, -0.2) is 43.8 Å². The average molecular weight is 244 g/mol. The fourth-order valence-corrected chi connectivity index (χ4v) is 2.43. The Morgan fingerprint density at radius 2 is 2.31 bits per heavy atom. The molecule has 1 atom stereocenters. The van der Waals surface area contributed by atoms with Gasteiger partial charge in [0.15, 0.2) is 5.16 Å². The highest BCUT2D eigenvalue weighted by molar-refractivity contribution is 7.99. The zero-order chi connectivity index (χ0) is 12.2. The van der Waals surface area contributed by atoms with Gasteiger partial charge >= 0.3 is 0 Å². The SMILES string of the molecule is CC(C)NC(C)(CO)CSc1nncn1C. The van der Waals surface area contributed by atoms with Gasteiger partial charge in [-0.25, -0.2) is 0 Å². The molecule has 6 heteroatoms. The van der Waals surface area contributed by atoms with Gasteiger partial charge < -0.3 is 15.0 Å². The van der Waals surface area contributed by atoms with Crippen molar-refractivity contribution in [3.8, 4) is 0 Å². The number of aromatic nitrogens is 3. The van der Waals surface area contributed by atoms with Crippen molar-refractivity contribution in [2.24, 2.45) is 7.05 Å². The minimum Gasteiger partial charge on any atom is -0.394 e.